The summed E-state index contributed by atoms with van der Waals surface area (Å²) < 4.78 is 13.1. The molecular formula is C18H29FN2. The second kappa shape index (κ2) is 6.78. The number of halogens is 1. The van der Waals surface area contributed by atoms with Crippen LogP contribution in [0.25, 0.3) is 0 Å². The molecule has 3 heteroatoms. The molecule has 0 aromatic heterocycles. The van der Waals surface area contributed by atoms with Gasteiger partial charge < -0.3 is 10.2 Å². The van der Waals surface area contributed by atoms with Crippen molar-refractivity contribution in [1.29, 1.82) is 0 Å². The molecule has 1 aliphatic rings. The lowest BCUT2D eigenvalue weighted by atomic mass is 9.90. The molecule has 118 valence electrons. The van der Waals surface area contributed by atoms with Crippen LogP contribution in [0, 0.1) is 17.2 Å². The number of nitrogens with zero attached hydrogens (tertiary/aromatic N) is 1. The molecule has 2 atom stereocenters. The van der Waals surface area contributed by atoms with E-state index in [1.807, 2.05) is 12.1 Å². The Kier molecular flexibility index (Phi) is 5.26. The fourth-order valence-electron chi connectivity index (χ4n) is 2.96. The largest absolute Gasteiger partial charge is 0.370 e. The number of hydrogen-bond donors (Lipinski definition) is 1. The Labute approximate surface area is 128 Å². The van der Waals surface area contributed by atoms with Gasteiger partial charge in [-0.2, -0.15) is 0 Å². The van der Waals surface area contributed by atoms with Crippen molar-refractivity contribution in [2.24, 2.45) is 11.3 Å². The lowest BCUT2D eigenvalue weighted by Crippen LogP contribution is -2.50. The Hall–Kier alpha value is -1.09. The number of hydrogen-bond acceptors (Lipinski definition) is 2. The Bertz CT molecular complexity index is 436. The molecule has 1 saturated heterocycles. The molecule has 2 unspecified atom stereocenters. The van der Waals surface area contributed by atoms with Gasteiger partial charge in [0.15, 0.2) is 0 Å². The van der Waals surface area contributed by atoms with Crippen LogP contribution in [0.5, 0.6) is 0 Å². The van der Waals surface area contributed by atoms with E-state index in [4.69, 9.17) is 0 Å². The Morgan fingerprint density at radius 2 is 1.86 bits per heavy atom. The first kappa shape index (κ1) is 16.3. The van der Waals surface area contributed by atoms with Crippen molar-refractivity contribution < 1.29 is 4.39 Å². The maximum absolute atomic E-state index is 13.1. The molecular weight excluding hydrogens is 263 g/mol. The van der Waals surface area contributed by atoms with Gasteiger partial charge in [-0.05, 0) is 42.0 Å². The van der Waals surface area contributed by atoms with Crippen LogP contribution in [0.2, 0.25) is 0 Å². The van der Waals surface area contributed by atoms with Crippen molar-refractivity contribution in [2.45, 2.75) is 46.6 Å². The maximum atomic E-state index is 13.1. The van der Waals surface area contributed by atoms with Crippen LogP contribution in [0.3, 0.4) is 0 Å². The van der Waals surface area contributed by atoms with Gasteiger partial charge in [-0.25, -0.2) is 4.39 Å². The molecule has 0 saturated carbocycles. The zero-order valence-electron chi connectivity index (χ0n) is 13.8. The van der Waals surface area contributed by atoms with Crippen molar-refractivity contribution in [3.05, 3.63) is 30.1 Å². The molecule has 2 rings (SSSR count). The van der Waals surface area contributed by atoms with E-state index in [0.29, 0.717) is 17.4 Å². The molecule has 2 nitrogen and oxygen atoms in total. The summed E-state index contributed by atoms with van der Waals surface area (Å²) in [5.74, 6) is 0.548. The summed E-state index contributed by atoms with van der Waals surface area (Å²) in [4.78, 5) is 2.40. The van der Waals surface area contributed by atoms with Crippen molar-refractivity contribution in [3.8, 4) is 0 Å². The van der Waals surface area contributed by atoms with Crippen molar-refractivity contribution >= 4 is 5.69 Å². The summed E-state index contributed by atoms with van der Waals surface area (Å²) in [5.41, 5.74) is 1.44. The van der Waals surface area contributed by atoms with E-state index in [2.05, 4.69) is 37.9 Å². The summed E-state index contributed by atoms with van der Waals surface area (Å²) in [5, 5.41) is 3.72. The smallest absolute Gasteiger partial charge is 0.123 e. The molecule has 1 aromatic rings. The van der Waals surface area contributed by atoms with Gasteiger partial charge in [0.2, 0.25) is 0 Å². The molecule has 0 aliphatic carbocycles. The van der Waals surface area contributed by atoms with Crippen molar-refractivity contribution in [1.82, 2.24) is 5.32 Å². The van der Waals surface area contributed by atoms with Crippen LogP contribution in [0.4, 0.5) is 10.1 Å². The van der Waals surface area contributed by atoms with Crippen LogP contribution < -0.4 is 10.2 Å². The highest BCUT2D eigenvalue weighted by atomic mass is 19.1. The van der Waals surface area contributed by atoms with Crippen LogP contribution in [0.1, 0.15) is 40.5 Å². The summed E-state index contributed by atoms with van der Waals surface area (Å²) in [6.07, 6.45) is 2.44. The number of rotatable bonds is 4. The molecule has 0 amide bonds. The van der Waals surface area contributed by atoms with E-state index in [9.17, 15) is 4.39 Å². The predicted molar refractivity (Wildman–Crippen MR) is 88.3 cm³/mol. The third-order valence-corrected chi connectivity index (χ3v) is 4.23. The molecule has 21 heavy (non-hydrogen) atoms. The number of piperidine rings is 1. The highest BCUT2D eigenvalue weighted by molar-refractivity contribution is 5.47. The molecule has 1 aliphatic heterocycles. The summed E-state index contributed by atoms with van der Waals surface area (Å²) in [7, 11) is 0. The average Bonchev–Trinajstić information content (AvgIpc) is 2.45. The summed E-state index contributed by atoms with van der Waals surface area (Å²) >= 11 is 0. The zero-order valence-corrected chi connectivity index (χ0v) is 13.8. The first-order valence-corrected chi connectivity index (χ1v) is 8.11. The van der Waals surface area contributed by atoms with E-state index in [0.717, 1.165) is 25.3 Å². The van der Waals surface area contributed by atoms with Gasteiger partial charge in [-0.3, -0.25) is 0 Å². The lowest BCUT2D eigenvalue weighted by Gasteiger charge is -2.40. The van der Waals surface area contributed by atoms with Crippen LogP contribution in [0.15, 0.2) is 24.3 Å². The maximum Gasteiger partial charge on any atom is 0.123 e. The molecule has 1 heterocycles. The van der Waals surface area contributed by atoms with Crippen molar-refractivity contribution in [3.63, 3.8) is 0 Å². The molecule has 0 radical (unpaired) electrons. The van der Waals surface area contributed by atoms with Crippen LogP contribution >= 0.6 is 0 Å². The lowest BCUT2D eigenvalue weighted by molar-refractivity contribution is 0.287. The Morgan fingerprint density at radius 1 is 1.19 bits per heavy atom. The fraction of sp³-hybridized carbons (Fsp3) is 0.667. The highest BCUT2D eigenvalue weighted by Gasteiger charge is 2.27. The minimum Gasteiger partial charge on any atom is -0.370 e. The van der Waals surface area contributed by atoms with Gasteiger partial charge in [0.1, 0.15) is 5.82 Å². The normalized spacial score (nSPS) is 23.4. The quantitative estimate of drug-likeness (QED) is 0.900. The Balaban J connectivity index is 2.02. The SMILES string of the molecule is CCC1CC(NCC(C)(C)C)CN(c2ccc(F)cc2)C1. The predicted octanol–water partition coefficient (Wildman–Crippen LogP) is 4.07. The minimum absolute atomic E-state index is 0.162. The van der Waals surface area contributed by atoms with Gasteiger partial charge in [0.25, 0.3) is 0 Å². The number of anilines is 1. The fourth-order valence-corrected chi connectivity index (χ4v) is 2.96. The topological polar surface area (TPSA) is 15.3 Å². The van der Waals surface area contributed by atoms with Gasteiger partial charge in [0, 0.05) is 31.4 Å². The third kappa shape index (κ3) is 4.99. The van der Waals surface area contributed by atoms with Crippen LogP contribution in [-0.4, -0.2) is 25.7 Å². The van der Waals surface area contributed by atoms with Gasteiger partial charge in [-0.1, -0.05) is 34.1 Å². The first-order valence-electron chi connectivity index (χ1n) is 8.11. The first-order chi connectivity index (χ1) is 9.87. The highest BCUT2D eigenvalue weighted by Crippen LogP contribution is 2.26. The monoisotopic (exact) mass is 292 g/mol. The summed E-state index contributed by atoms with van der Waals surface area (Å²) in [6.45, 7) is 12.2. The average molecular weight is 292 g/mol. The molecule has 1 aromatic carbocycles. The molecule has 1 N–H and O–H groups in total. The van der Waals surface area contributed by atoms with E-state index >= 15 is 0 Å². The molecule has 0 bridgehead atoms. The standard InChI is InChI=1S/C18H29FN2/c1-5-14-10-16(20-13-18(2,3)4)12-21(11-14)17-8-6-15(19)7-9-17/h6-9,14,16,20H,5,10-13H2,1-4H3. The molecule has 1 fully saturated rings. The van der Waals surface area contributed by atoms with E-state index in [-0.39, 0.29) is 5.82 Å². The number of nitrogens with one attached hydrogen (secondary N) is 1. The van der Waals surface area contributed by atoms with E-state index < -0.39 is 0 Å². The van der Waals surface area contributed by atoms with Crippen molar-refractivity contribution in [2.75, 3.05) is 24.5 Å². The zero-order chi connectivity index (χ0) is 15.5. The van der Waals surface area contributed by atoms with Gasteiger partial charge in [-0.15, -0.1) is 0 Å². The van der Waals surface area contributed by atoms with E-state index in [1.54, 1.807) is 12.1 Å². The molecule has 0 spiro atoms. The Morgan fingerprint density at radius 3 is 2.43 bits per heavy atom. The summed E-state index contributed by atoms with van der Waals surface area (Å²) in [6, 6.07) is 7.43. The van der Waals surface area contributed by atoms with E-state index in [1.165, 1.54) is 12.8 Å². The third-order valence-electron chi connectivity index (χ3n) is 4.23. The van der Waals surface area contributed by atoms with Crippen LogP contribution in [-0.2, 0) is 0 Å². The second-order valence-corrected chi connectivity index (χ2v) is 7.53. The van der Waals surface area contributed by atoms with Gasteiger partial charge in [0.05, 0.1) is 0 Å². The van der Waals surface area contributed by atoms with Gasteiger partial charge >= 0.3 is 0 Å². The minimum atomic E-state index is -0.162. The number of benzene rings is 1. The second-order valence-electron chi connectivity index (χ2n) is 7.53.